The number of fused-ring (bicyclic) bond motifs is 7. The first-order valence-corrected chi connectivity index (χ1v) is 15.2. The van der Waals surface area contributed by atoms with Crippen LogP contribution in [0.5, 0.6) is 0 Å². The van der Waals surface area contributed by atoms with Crippen LogP contribution in [-0.4, -0.2) is 29.1 Å². The number of nitrogens with zero attached hydrogens (tertiary/aromatic N) is 6. The van der Waals surface area contributed by atoms with Gasteiger partial charge in [0.05, 0.1) is 16.6 Å². The third-order valence-electron chi connectivity index (χ3n) is 8.96. The molecule has 0 radical (unpaired) electrons. The maximum atomic E-state index is 4.98. The van der Waals surface area contributed by atoms with Crippen LogP contribution in [-0.2, 0) is 12.8 Å². The lowest BCUT2D eigenvalue weighted by molar-refractivity contribution is 0.662. The molecule has 6 heteroatoms. The predicted octanol–water partition coefficient (Wildman–Crippen LogP) is 8.52. The highest BCUT2D eigenvalue weighted by Crippen LogP contribution is 2.41. The average molecular weight is 569 g/mol. The number of hydrogen-bond donors (Lipinski definition) is 0. The van der Waals surface area contributed by atoms with Gasteiger partial charge in [0.25, 0.3) is 0 Å². The Labute approximate surface area is 254 Å². The quantitative estimate of drug-likeness (QED) is 0.214. The van der Waals surface area contributed by atoms with Crippen LogP contribution in [0.1, 0.15) is 24.1 Å². The Morgan fingerprint density at radius 2 is 0.955 bits per heavy atom. The molecule has 4 aromatic heterocycles. The first-order valence-electron chi connectivity index (χ1n) is 15.2. The van der Waals surface area contributed by atoms with Gasteiger partial charge in [0.2, 0.25) is 11.9 Å². The Morgan fingerprint density at radius 1 is 0.432 bits per heavy atom. The number of para-hydroxylation sites is 1. The summed E-state index contributed by atoms with van der Waals surface area (Å²) in [6.45, 7) is 0. The van der Waals surface area contributed by atoms with Gasteiger partial charge in [-0.15, -0.1) is 0 Å². The van der Waals surface area contributed by atoms with Gasteiger partial charge in [-0.2, -0.15) is 0 Å². The van der Waals surface area contributed by atoms with E-state index in [1.165, 1.54) is 33.8 Å². The molecule has 0 unspecified atom stereocenters. The molecule has 0 N–H and O–H groups in total. The van der Waals surface area contributed by atoms with Crippen LogP contribution >= 0.6 is 0 Å². The minimum atomic E-state index is 0.648. The van der Waals surface area contributed by atoms with Crippen molar-refractivity contribution < 1.29 is 0 Å². The fourth-order valence-corrected chi connectivity index (χ4v) is 6.93. The molecule has 4 heterocycles. The van der Waals surface area contributed by atoms with Crippen LogP contribution < -0.4 is 0 Å². The van der Waals surface area contributed by atoms with Crippen LogP contribution in [0.4, 0.5) is 0 Å². The molecule has 0 amide bonds. The molecule has 210 valence electrons. The van der Waals surface area contributed by atoms with Crippen LogP contribution in [0.3, 0.4) is 0 Å². The molecule has 0 saturated heterocycles. The summed E-state index contributed by atoms with van der Waals surface area (Å²) in [5.41, 5.74) is 10.2. The molecule has 9 rings (SSSR count). The molecule has 1 aliphatic carbocycles. The van der Waals surface area contributed by atoms with E-state index in [0.717, 1.165) is 58.1 Å². The largest absolute Gasteiger partial charge is 0.280 e. The molecule has 0 fully saturated rings. The number of aryl methyl sites for hydroxylation is 1. The lowest BCUT2D eigenvalue weighted by atomic mass is 9.95. The molecule has 0 aliphatic heterocycles. The minimum absolute atomic E-state index is 0.648. The second-order valence-electron chi connectivity index (χ2n) is 11.5. The van der Waals surface area contributed by atoms with Gasteiger partial charge in [0.1, 0.15) is 0 Å². The van der Waals surface area contributed by atoms with E-state index in [1.807, 2.05) is 61.2 Å². The van der Waals surface area contributed by atoms with Crippen molar-refractivity contribution >= 4 is 32.7 Å². The van der Waals surface area contributed by atoms with Crippen molar-refractivity contribution in [2.24, 2.45) is 0 Å². The summed E-state index contributed by atoms with van der Waals surface area (Å²) in [7, 11) is 0. The van der Waals surface area contributed by atoms with Crippen LogP contribution in [0.15, 0.2) is 122 Å². The number of benzene rings is 4. The zero-order valence-electron chi connectivity index (χ0n) is 24.1. The average Bonchev–Trinajstić information content (AvgIpc) is 3.62. The molecule has 1 aliphatic rings. The van der Waals surface area contributed by atoms with E-state index in [9.17, 15) is 0 Å². The third-order valence-corrected chi connectivity index (χ3v) is 8.96. The van der Waals surface area contributed by atoms with Gasteiger partial charge in [0, 0.05) is 57.8 Å². The van der Waals surface area contributed by atoms with Gasteiger partial charge in [0.15, 0.2) is 0 Å². The summed E-state index contributed by atoms with van der Waals surface area (Å²) < 4.78 is 4.54. The summed E-state index contributed by atoms with van der Waals surface area (Å²) in [6, 6.07) is 33.7. The van der Waals surface area contributed by atoms with Gasteiger partial charge >= 0.3 is 0 Å². The number of rotatable bonds is 4. The lowest BCUT2D eigenvalue weighted by Crippen LogP contribution is -2.10. The maximum Gasteiger partial charge on any atom is 0.234 e. The van der Waals surface area contributed by atoms with E-state index in [0.29, 0.717) is 11.9 Å². The molecule has 0 saturated carbocycles. The second kappa shape index (κ2) is 9.99. The van der Waals surface area contributed by atoms with Gasteiger partial charge in [-0.3, -0.25) is 9.13 Å². The van der Waals surface area contributed by atoms with E-state index < -0.39 is 0 Å². The van der Waals surface area contributed by atoms with Crippen molar-refractivity contribution in [1.29, 1.82) is 0 Å². The van der Waals surface area contributed by atoms with Crippen molar-refractivity contribution in [2.45, 2.75) is 25.7 Å². The molecule has 6 nitrogen and oxygen atoms in total. The standard InChI is InChI=1S/C38H28N6/c1-3-11-25(12-4-1)27-21-39-37(40-22-27)43-33-17-9-7-15-29(33)31-19-20-32-30-16-8-10-18-34(30)44(36(32)35(31)43)38-41-23-28(24-42-38)26-13-5-2-6-14-26/h1-7,9,11-15,17,19-24H,8,10,16,18H2. The molecule has 0 bridgehead atoms. The third kappa shape index (κ3) is 3.81. The van der Waals surface area contributed by atoms with E-state index >= 15 is 0 Å². The van der Waals surface area contributed by atoms with E-state index in [4.69, 9.17) is 19.9 Å². The molecule has 44 heavy (non-hydrogen) atoms. The molecular weight excluding hydrogens is 540 g/mol. The number of hydrogen-bond acceptors (Lipinski definition) is 4. The zero-order chi connectivity index (χ0) is 29.0. The Hall–Kier alpha value is -5.62. The topological polar surface area (TPSA) is 61.4 Å². The highest BCUT2D eigenvalue weighted by molar-refractivity contribution is 6.18. The van der Waals surface area contributed by atoms with Crippen LogP contribution in [0, 0.1) is 0 Å². The molecule has 8 aromatic rings. The van der Waals surface area contributed by atoms with E-state index in [1.54, 1.807) is 0 Å². The predicted molar refractivity (Wildman–Crippen MR) is 176 cm³/mol. The van der Waals surface area contributed by atoms with Gasteiger partial charge in [-0.1, -0.05) is 91.0 Å². The summed E-state index contributed by atoms with van der Waals surface area (Å²) >= 11 is 0. The second-order valence-corrected chi connectivity index (χ2v) is 11.5. The summed E-state index contributed by atoms with van der Waals surface area (Å²) in [5.74, 6) is 1.34. The normalized spacial score (nSPS) is 13.1. The lowest BCUT2D eigenvalue weighted by Gasteiger charge is -2.15. The van der Waals surface area contributed by atoms with Gasteiger partial charge < -0.3 is 0 Å². The maximum absolute atomic E-state index is 4.98. The first kappa shape index (κ1) is 24.9. The number of aromatic nitrogens is 6. The van der Waals surface area contributed by atoms with E-state index in [2.05, 4.69) is 69.8 Å². The molecule has 0 spiro atoms. The van der Waals surface area contributed by atoms with Crippen molar-refractivity contribution in [3.8, 4) is 34.2 Å². The zero-order valence-corrected chi connectivity index (χ0v) is 24.1. The van der Waals surface area contributed by atoms with Gasteiger partial charge in [-0.25, -0.2) is 19.9 Å². The Kier molecular flexibility index (Phi) is 5.66. The Balaban J connectivity index is 1.33. The van der Waals surface area contributed by atoms with Crippen LogP contribution in [0.25, 0.3) is 66.9 Å². The highest BCUT2D eigenvalue weighted by Gasteiger charge is 2.27. The molecule has 0 atom stereocenters. The molecular formula is C38H28N6. The van der Waals surface area contributed by atoms with Crippen molar-refractivity contribution in [3.63, 3.8) is 0 Å². The van der Waals surface area contributed by atoms with Crippen LogP contribution in [0.2, 0.25) is 0 Å². The summed E-state index contributed by atoms with van der Waals surface area (Å²) in [4.78, 5) is 19.8. The first-order chi connectivity index (χ1) is 21.8. The highest BCUT2D eigenvalue weighted by atomic mass is 15.2. The summed E-state index contributed by atoms with van der Waals surface area (Å²) in [6.07, 6.45) is 12.1. The van der Waals surface area contributed by atoms with E-state index in [-0.39, 0.29) is 0 Å². The van der Waals surface area contributed by atoms with Crippen molar-refractivity contribution in [1.82, 2.24) is 29.1 Å². The van der Waals surface area contributed by atoms with Crippen molar-refractivity contribution in [2.75, 3.05) is 0 Å². The summed E-state index contributed by atoms with van der Waals surface area (Å²) in [5, 5.41) is 3.60. The Morgan fingerprint density at radius 3 is 1.61 bits per heavy atom. The van der Waals surface area contributed by atoms with Gasteiger partial charge in [-0.05, 0) is 48.4 Å². The fraction of sp³-hybridized carbons (Fsp3) is 0.105. The molecule has 4 aromatic carbocycles. The fourth-order valence-electron chi connectivity index (χ4n) is 6.93. The smallest absolute Gasteiger partial charge is 0.234 e. The minimum Gasteiger partial charge on any atom is -0.280 e. The van der Waals surface area contributed by atoms with Crippen molar-refractivity contribution in [3.05, 3.63) is 133 Å². The SMILES string of the molecule is c1ccc(-c2cnc(-n3c4c(c5ccc6c7ccccc7n(-c7ncc(-c8ccccc8)cn7)c6c53)CCCC4)nc2)cc1. The monoisotopic (exact) mass is 568 g/mol. The Bertz CT molecular complexity index is 2300.